The van der Waals surface area contributed by atoms with Gasteiger partial charge in [-0.3, -0.25) is 4.79 Å². The highest BCUT2D eigenvalue weighted by Crippen LogP contribution is 2.03. The molecule has 0 aromatic carbocycles. The van der Waals surface area contributed by atoms with E-state index < -0.39 is 0 Å². The van der Waals surface area contributed by atoms with Crippen LogP contribution >= 0.6 is 0 Å². The van der Waals surface area contributed by atoms with E-state index in [1.54, 1.807) is 6.20 Å². The van der Waals surface area contributed by atoms with Crippen LogP contribution in [0.15, 0.2) is 12.4 Å². The summed E-state index contributed by atoms with van der Waals surface area (Å²) in [5.74, 6) is 1.42. The minimum Gasteiger partial charge on any atom is -0.349 e. The van der Waals surface area contributed by atoms with E-state index in [0.29, 0.717) is 25.4 Å². The number of aromatic nitrogens is 2. The maximum Gasteiger partial charge on any atom is 0.221 e. The van der Waals surface area contributed by atoms with Gasteiger partial charge in [-0.05, 0) is 5.92 Å². The van der Waals surface area contributed by atoms with Gasteiger partial charge in [0.25, 0.3) is 0 Å². The van der Waals surface area contributed by atoms with E-state index >= 15 is 0 Å². The molecule has 16 heavy (non-hydrogen) atoms. The number of rotatable bonds is 6. The second-order valence-corrected chi connectivity index (χ2v) is 4.21. The molecular weight excluding hydrogens is 204 g/mol. The molecule has 0 saturated carbocycles. The summed E-state index contributed by atoms with van der Waals surface area (Å²) in [7, 11) is 0. The quantitative estimate of drug-likeness (QED) is 0.739. The van der Waals surface area contributed by atoms with Crippen molar-refractivity contribution < 1.29 is 4.79 Å². The molecule has 0 fully saturated rings. The molecule has 1 aromatic rings. The number of imidazole rings is 1. The van der Waals surface area contributed by atoms with Crippen LogP contribution < -0.4 is 11.1 Å². The van der Waals surface area contributed by atoms with Gasteiger partial charge in [-0.2, -0.15) is 0 Å². The van der Waals surface area contributed by atoms with E-state index in [9.17, 15) is 4.79 Å². The van der Waals surface area contributed by atoms with Gasteiger partial charge in [0.1, 0.15) is 5.82 Å². The smallest absolute Gasteiger partial charge is 0.221 e. The van der Waals surface area contributed by atoms with Crippen LogP contribution in [0.2, 0.25) is 0 Å². The standard InChI is InChI=1S/C11H20N4O/c1-9(2)8-15-6-5-13-10(15)7-14-11(16)3-4-12/h5-6,9H,3-4,7-8,12H2,1-2H3,(H,14,16). The second-order valence-electron chi connectivity index (χ2n) is 4.21. The van der Waals surface area contributed by atoms with Crippen LogP contribution in [0.3, 0.4) is 0 Å². The Bertz CT molecular complexity index is 332. The van der Waals surface area contributed by atoms with Crippen molar-refractivity contribution in [3.05, 3.63) is 18.2 Å². The molecule has 0 aliphatic heterocycles. The summed E-state index contributed by atoms with van der Waals surface area (Å²) in [6, 6.07) is 0. The van der Waals surface area contributed by atoms with Crippen LogP contribution in [0.1, 0.15) is 26.1 Å². The topological polar surface area (TPSA) is 72.9 Å². The fraction of sp³-hybridized carbons (Fsp3) is 0.636. The number of nitrogens with two attached hydrogens (primary N) is 1. The van der Waals surface area contributed by atoms with Gasteiger partial charge >= 0.3 is 0 Å². The van der Waals surface area contributed by atoms with Crippen LogP contribution in [-0.4, -0.2) is 22.0 Å². The molecule has 1 amide bonds. The molecule has 0 spiro atoms. The van der Waals surface area contributed by atoms with Crippen molar-refractivity contribution >= 4 is 5.91 Å². The first-order valence-electron chi connectivity index (χ1n) is 5.60. The summed E-state index contributed by atoms with van der Waals surface area (Å²) in [6.07, 6.45) is 4.06. The van der Waals surface area contributed by atoms with Crippen LogP contribution in [-0.2, 0) is 17.9 Å². The van der Waals surface area contributed by atoms with Crippen molar-refractivity contribution in [2.75, 3.05) is 6.54 Å². The number of nitrogens with one attached hydrogen (secondary N) is 1. The molecule has 90 valence electrons. The highest BCUT2D eigenvalue weighted by atomic mass is 16.1. The highest BCUT2D eigenvalue weighted by Gasteiger charge is 2.06. The predicted molar refractivity (Wildman–Crippen MR) is 62.6 cm³/mol. The summed E-state index contributed by atoms with van der Waals surface area (Å²) in [4.78, 5) is 15.5. The lowest BCUT2D eigenvalue weighted by atomic mass is 10.2. The first kappa shape index (κ1) is 12.7. The van der Waals surface area contributed by atoms with Crippen LogP contribution in [0.5, 0.6) is 0 Å². The van der Waals surface area contributed by atoms with Crippen molar-refractivity contribution in [1.82, 2.24) is 14.9 Å². The fourth-order valence-electron chi connectivity index (χ4n) is 1.46. The lowest BCUT2D eigenvalue weighted by Crippen LogP contribution is -2.26. The maximum atomic E-state index is 11.2. The van der Waals surface area contributed by atoms with Gasteiger partial charge in [0, 0.05) is 31.9 Å². The molecule has 0 atom stereocenters. The Kier molecular flexibility index (Phi) is 4.98. The Balaban J connectivity index is 2.47. The lowest BCUT2D eigenvalue weighted by molar-refractivity contribution is -0.121. The van der Waals surface area contributed by atoms with Crippen LogP contribution in [0.4, 0.5) is 0 Å². The average Bonchev–Trinajstić information content (AvgIpc) is 2.62. The van der Waals surface area contributed by atoms with E-state index in [-0.39, 0.29) is 5.91 Å². The third-order valence-corrected chi connectivity index (χ3v) is 2.18. The molecule has 0 unspecified atom stereocenters. The fourth-order valence-corrected chi connectivity index (χ4v) is 1.46. The SMILES string of the molecule is CC(C)Cn1ccnc1CNC(=O)CCN. The van der Waals surface area contributed by atoms with Gasteiger partial charge in [0.15, 0.2) is 0 Å². The Morgan fingerprint density at radius 3 is 3.00 bits per heavy atom. The Labute approximate surface area is 96.0 Å². The number of hydrogen-bond donors (Lipinski definition) is 2. The molecule has 0 aliphatic rings. The predicted octanol–water partition coefficient (Wildman–Crippen LogP) is 0.504. The van der Waals surface area contributed by atoms with E-state index in [1.165, 1.54) is 0 Å². The van der Waals surface area contributed by atoms with Crippen molar-refractivity contribution in [1.29, 1.82) is 0 Å². The largest absolute Gasteiger partial charge is 0.349 e. The summed E-state index contributed by atoms with van der Waals surface area (Å²) in [5.41, 5.74) is 5.29. The Hall–Kier alpha value is -1.36. The van der Waals surface area contributed by atoms with E-state index in [1.807, 2.05) is 6.20 Å². The molecule has 0 radical (unpaired) electrons. The van der Waals surface area contributed by atoms with Crippen molar-refractivity contribution in [2.45, 2.75) is 33.4 Å². The van der Waals surface area contributed by atoms with Gasteiger partial charge in [0.2, 0.25) is 5.91 Å². The lowest BCUT2D eigenvalue weighted by Gasteiger charge is -2.10. The molecule has 1 rings (SSSR count). The molecule has 0 bridgehead atoms. The van der Waals surface area contributed by atoms with E-state index in [2.05, 4.69) is 28.7 Å². The van der Waals surface area contributed by atoms with Gasteiger partial charge in [-0.25, -0.2) is 4.98 Å². The van der Waals surface area contributed by atoms with Crippen LogP contribution in [0, 0.1) is 5.92 Å². The average molecular weight is 224 g/mol. The molecule has 3 N–H and O–H groups in total. The molecule has 5 heteroatoms. The summed E-state index contributed by atoms with van der Waals surface area (Å²) in [6.45, 7) is 6.07. The number of carbonyl (C=O) groups excluding carboxylic acids is 1. The normalized spacial score (nSPS) is 10.8. The zero-order chi connectivity index (χ0) is 12.0. The first-order valence-corrected chi connectivity index (χ1v) is 5.60. The van der Waals surface area contributed by atoms with Gasteiger partial charge in [-0.15, -0.1) is 0 Å². The number of nitrogens with zero attached hydrogens (tertiary/aromatic N) is 2. The minimum atomic E-state index is -0.0263. The molecule has 1 heterocycles. The third kappa shape index (κ3) is 4.02. The minimum absolute atomic E-state index is 0.0263. The second kappa shape index (κ2) is 6.27. The number of amides is 1. The van der Waals surface area contributed by atoms with Gasteiger partial charge < -0.3 is 15.6 Å². The molecule has 5 nitrogen and oxygen atoms in total. The van der Waals surface area contributed by atoms with Crippen molar-refractivity contribution in [3.63, 3.8) is 0 Å². The summed E-state index contributed by atoms with van der Waals surface area (Å²) in [5, 5.41) is 2.80. The van der Waals surface area contributed by atoms with Crippen molar-refractivity contribution in [3.8, 4) is 0 Å². The van der Waals surface area contributed by atoms with E-state index in [0.717, 1.165) is 12.4 Å². The number of hydrogen-bond acceptors (Lipinski definition) is 3. The molecular formula is C11H20N4O. The zero-order valence-electron chi connectivity index (χ0n) is 9.94. The Morgan fingerprint density at radius 2 is 2.38 bits per heavy atom. The third-order valence-electron chi connectivity index (χ3n) is 2.18. The van der Waals surface area contributed by atoms with Crippen LogP contribution in [0.25, 0.3) is 0 Å². The monoisotopic (exact) mass is 224 g/mol. The maximum absolute atomic E-state index is 11.2. The molecule has 0 saturated heterocycles. The van der Waals surface area contributed by atoms with Gasteiger partial charge in [0.05, 0.1) is 6.54 Å². The van der Waals surface area contributed by atoms with E-state index in [4.69, 9.17) is 5.73 Å². The Morgan fingerprint density at radius 1 is 1.62 bits per heavy atom. The molecule has 0 aliphatic carbocycles. The first-order chi connectivity index (χ1) is 7.63. The highest BCUT2D eigenvalue weighted by molar-refractivity contribution is 5.75. The van der Waals surface area contributed by atoms with Crippen molar-refractivity contribution in [2.24, 2.45) is 11.7 Å². The summed E-state index contributed by atoms with van der Waals surface area (Å²) < 4.78 is 2.06. The summed E-state index contributed by atoms with van der Waals surface area (Å²) >= 11 is 0. The number of carbonyl (C=O) groups is 1. The van der Waals surface area contributed by atoms with Gasteiger partial charge in [-0.1, -0.05) is 13.8 Å². The zero-order valence-corrected chi connectivity index (χ0v) is 9.94. The molecule has 1 aromatic heterocycles.